The second-order valence-corrected chi connectivity index (χ2v) is 2.92. The molecule has 0 amide bonds. The summed E-state index contributed by atoms with van der Waals surface area (Å²) in [5.41, 5.74) is 0. The Morgan fingerprint density at radius 3 is 2.70 bits per heavy atom. The third-order valence-corrected chi connectivity index (χ3v) is 1.71. The highest BCUT2D eigenvalue weighted by Gasteiger charge is 1.97. The average molecular weight is 143 g/mol. The lowest BCUT2D eigenvalue weighted by Gasteiger charge is -2.05. The van der Waals surface area contributed by atoms with Gasteiger partial charge in [-0.25, -0.2) is 0 Å². The van der Waals surface area contributed by atoms with Gasteiger partial charge in [-0.2, -0.15) is 0 Å². The maximum absolute atomic E-state index is 8.68. The van der Waals surface area contributed by atoms with Crippen molar-refractivity contribution in [2.45, 2.75) is 39.5 Å². The average Bonchev–Trinajstić information content (AvgIpc) is 1.98. The molecule has 0 bridgehead atoms. The van der Waals surface area contributed by atoms with Crippen molar-refractivity contribution in [3.8, 4) is 0 Å². The minimum Gasteiger partial charge on any atom is -0.396 e. The van der Waals surface area contributed by atoms with Crippen LogP contribution in [0.3, 0.4) is 0 Å². The fourth-order valence-electron chi connectivity index (χ4n) is 0.906. The highest BCUT2D eigenvalue weighted by molar-refractivity contribution is 4.62. The lowest BCUT2D eigenvalue weighted by Crippen LogP contribution is -1.99. The van der Waals surface area contributed by atoms with Crippen LogP contribution in [0.25, 0.3) is 0 Å². The molecule has 0 saturated heterocycles. The van der Waals surface area contributed by atoms with Gasteiger partial charge in [0.25, 0.3) is 0 Å². The van der Waals surface area contributed by atoms with Crippen LogP contribution in [-0.4, -0.2) is 11.7 Å². The van der Waals surface area contributed by atoms with E-state index in [1.807, 2.05) is 0 Å². The van der Waals surface area contributed by atoms with E-state index in [2.05, 4.69) is 20.3 Å². The van der Waals surface area contributed by atoms with E-state index in [1.165, 1.54) is 19.3 Å². The molecule has 0 rings (SSSR count). The van der Waals surface area contributed by atoms with Gasteiger partial charge >= 0.3 is 0 Å². The first kappa shape index (κ1) is 9.96. The number of aliphatic hydroxyl groups excluding tert-OH is 1. The SMILES string of the molecule is CC[CH]CCCC(C)CO. The van der Waals surface area contributed by atoms with Gasteiger partial charge < -0.3 is 5.11 Å². The van der Waals surface area contributed by atoms with E-state index >= 15 is 0 Å². The van der Waals surface area contributed by atoms with Crippen LogP contribution in [0.5, 0.6) is 0 Å². The zero-order valence-corrected chi connectivity index (χ0v) is 7.14. The van der Waals surface area contributed by atoms with Crippen LogP contribution in [-0.2, 0) is 0 Å². The monoisotopic (exact) mass is 143 g/mol. The maximum Gasteiger partial charge on any atom is 0.0456 e. The van der Waals surface area contributed by atoms with Crippen LogP contribution in [0.15, 0.2) is 0 Å². The van der Waals surface area contributed by atoms with Gasteiger partial charge in [-0.3, -0.25) is 0 Å². The molecule has 0 heterocycles. The number of aliphatic hydroxyl groups is 1. The van der Waals surface area contributed by atoms with E-state index in [-0.39, 0.29) is 0 Å². The number of hydrogen-bond acceptors (Lipinski definition) is 1. The summed E-state index contributed by atoms with van der Waals surface area (Å²) in [6.45, 7) is 4.59. The van der Waals surface area contributed by atoms with Gasteiger partial charge in [0.05, 0.1) is 0 Å². The standard InChI is InChI=1S/C9H19O/c1-3-4-5-6-7-9(2)8-10/h4,9-10H,3,5-8H2,1-2H3. The molecule has 0 fully saturated rings. The third-order valence-electron chi connectivity index (χ3n) is 1.71. The summed E-state index contributed by atoms with van der Waals surface area (Å²) in [5.74, 6) is 0.491. The van der Waals surface area contributed by atoms with Gasteiger partial charge in [-0.05, 0) is 18.8 Å². The molecule has 0 aromatic heterocycles. The predicted molar refractivity (Wildman–Crippen MR) is 44.7 cm³/mol. The second-order valence-electron chi connectivity index (χ2n) is 2.92. The highest BCUT2D eigenvalue weighted by atomic mass is 16.3. The van der Waals surface area contributed by atoms with Gasteiger partial charge in [0, 0.05) is 6.61 Å². The van der Waals surface area contributed by atoms with E-state index in [1.54, 1.807) is 0 Å². The Hall–Kier alpha value is -0.0400. The van der Waals surface area contributed by atoms with E-state index < -0.39 is 0 Å². The summed E-state index contributed by atoms with van der Waals surface area (Å²) in [7, 11) is 0. The van der Waals surface area contributed by atoms with Gasteiger partial charge in [0.2, 0.25) is 0 Å². The second kappa shape index (κ2) is 7.07. The smallest absolute Gasteiger partial charge is 0.0456 e. The molecule has 61 valence electrons. The fourth-order valence-corrected chi connectivity index (χ4v) is 0.906. The fraction of sp³-hybridized carbons (Fsp3) is 0.889. The van der Waals surface area contributed by atoms with Crippen LogP contribution in [0.2, 0.25) is 0 Å². The molecule has 1 nitrogen and oxygen atoms in total. The molecule has 0 spiro atoms. The van der Waals surface area contributed by atoms with Crippen molar-refractivity contribution >= 4 is 0 Å². The van der Waals surface area contributed by atoms with Crippen LogP contribution in [0, 0.1) is 12.3 Å². The first-order chi connectivity index (χ1) is 4.81. The van der Waals surface area contributed by atoms with Crippen LogP contribution in [0.1, 0.15) is 39.5 Å². The Balaban J connectivity index is 2.89. The summed E-state index contributed by atoms with van der Waals surface area (Å²) in [6, 6.07) is 0. The van der Waals surface area contributed by atoms with Gasteiger partial charge in [0.15, 0.2) is 0 Å². The Kier molecular flexibility index (Phi) is 7.04. The molecule has 0 aliphatic carbocycles. The Labute approximate surface area is 64.5 Å². The van der Waals surface area contributed by atoms with Crippen molar-refractivity contribution in [2.75, 3.05) is 6.61 Å². The van der Waals surface area contributed by atoms with Crippen molar-refractivity contribution < 1.29 is 5.11 Å². The maximum atomic E-state index is 8.68. The van der Waals surface area contributed by atoms with E-state index in [0.29, 0.717) is 12.5 Å². The minimum absolute atomic E-state index is 0.339. The van der Waals surface area contributed by atoms with Crippen LogP contribution >= 0.6 is 0 Å². The van der Waals surface area contributed by atoms with Gasteiger partial charge in [0.1, 0.15) is 0 Å². The van der Waals surface area contributed by atoms with Crippen LogP contribution < -0.4 is 0 Å². The number of rotatable bonds is 6. The largest absolute Gasteiger partial charge is 0.396 e. The quantitative estimate of drug-likeness (QED) is 0.566. The van der Waals surface area contributed by atoms with E-state index in [0.717, 1.165) is 6.42 Å². The molecule has 0 aromatic rings. The zero-order valence-electron chi connectivity index (χ0n) is 7.14. The van der Waals surface area contributed by atoms with E-state index in [4.69, 9.17) is 5.11 Å². The minimum atomic E-state index is 0.339. The molecule has 1 N–H and O–H groups in total. The molecular weight excluding hydrogens is 124 g/mol. The molecular formula is C9H19O. The molecule has 10 heavy (non-hydrogen) atoms. The molecule has 0 aromatic carbocycles. The van der Waals surface area contributed by atoms with Gasteiger partial charge in [-0.15, -0.1) is 0 Å². The predicted octanol–water partition coefficient (Wildman–Crippen LogP) is 2.40. The Morgan fingerprint density at radius 2 is 2.20 bits per heavy atom. The highest BCUT2D eigenvalue weighted by Crippen LogP contribution is 2.08. The van der Waals surface area contributed by atoms with Crippen molar-refractivity contribution in [2.24, 2.45) is 5.92 Å². The lowest BCUT2D eigenvalue weighted by atomic mass is 10.0. The lowest BCUT2D eigenvalue weighted by molar-refractivity contribution is 0.228. The Morgan fingerprint density at radius 1 is 1.50 bits per heavy atom. The number of unbranched alkanes of at least 4 members (excludes halogenated alkanes) is 3. The molecule has 0 aliphatic rings. The molecule has 1 unspecified atom stereocenters. The Bertz CT molecular complexity index is 61.7. The molecule has 1 heteroatoms. The topological polar surface area (TPSA) is 20.2 Å². The van der Waals surface area contributed by atoms with Crippen molar-refractivity contribution in [3.05, 3.63) is 6.42 Å². The summed E-state index contributed by atoms with van der Waals surface area (Å²) >= 11 is 0. The van der Waals surface area contributed by atoms with Crippen molar-refractivity contribution in [3.63, 3.8) is 0 Å². The zero-order chi connectivity index (χ0) is 7.82. The van der Waals surface area contributed by atoms with E-state index in [9.17, 15) is 0 Å². The molecule has 0 aliphatic heterocycles. The van der Waals surface area contributed by atoms with Gasteiger partial charge in [-0.1, -0.05) is 33.1 Å². The molecule has 0 saturated carbocycles. The summed E-state index contributed by atoms with van der Waals surface area (Å²) in [6.07, 6.45) is 7.07. The third kappa shape index (κ3) is 6.09. The molecule has 1 atom stereocenters. The summed E-state index contributed by atoms with van der Waals surface area (Å²) in [4.78, 5) is 0. The normalized spacial score (nSPS) is 13.5. The van der Waals surface area contributed by atoms with Crippen molar-refractivity contribution in [1.29, 1.82) is 0 Å². The summed E-state index contributed by atoms with van der Waals surface area (Å²) < 4.78 is 0. The van der Waals surface area contributed by atoms with Crippen LogP contribution in [0.4, 0.5) is 0 Å². The molecule has 1 radical (unpaired) electrons. The van der Waals surface area contributed by atoms with Crippen molar-refractivity contribution in [1.82, 2.24) is 0 Å². The summed E-state index contributed by atoms with van der Waals surface area (Å²) in [5, 5.41) is 8.68. The number of hydrogen-bond donors (Lipinski definition) is 1. The first-order valence-corrected chi connectivity index (χ1v) is 4.23. The first-order valence-electron chi connectivity index (χ1n) is 4.23.